The molecule has 15 heavy (non-hydrogen) atoms. The van der Waals surface area contributed by atoms with E-state index in [0.29, 0.717) is 11.3 Å². The normalized spacial score (nSPS) is 9.87. The number of hydrogen-bond acceptors (Lipinski definition) is 3. The van der Waals surface area contributed by atoms with Gasteiger partial charge in [0.2, 0.25) is 0 Å². The number of rotatable bonds is 2. The molecule has 0 saturated heterocycles. The second-order valence-electron chi connectivity index (χ2n) is 3.59. The van der Waals surface area contributed by atoms with Gasteiger partial charge in [-0.15, -0.1) is 0 Å². The van der Waals surface area contributed by atoms with Gasteiger partial charge in [0.25, 0.3) is 0 Å². The van der Waals surface area contributed by atoms with Crippen LogP contribution < -0.4 is 4.74 Å². The van der Waals surface area contributed by atoms with Crippen molar-refractivity contribution >= 4 is 11.8 Å². The summed E-state index contributed by atoms with van der Waals surface area (Å²) in [6.45, 7) is 6.51. The molecule has 0 aliphatic heterocycles. The fourth-order valence-electron chi connectivity index (χ4n) is 1.46. The van der Waals surface area contributed by atoms with Crippen LogP contribution in [-0.4, -0.2) is 11.8 Å². The van der Waals surface area contributed by atoms with Crippen LogP contribution in [0.25, 0.3) is 0 Å². The van der Waals surface area contributed by atoms with Crippen LogP contribution in [0.3, 0.4) is 0 Å². The summed E-state index contributed by atoms with van der Waals surface area (Å²) in [5.74, 6) is 0.208. The Balaban J connectivity index is 3.21. The van der Waals surface area contributed by atoms with Crippen molar-refractivity contribution in [3.8, 4) is 5.75 Å². The van der Waals surface area contributed by atoms with Crippen molar-refractivity contribution in [3.05, 3.63) is 28.8 Å². The summed E-state index contributed by atoms with van der Waals surface area (Å²) < 4.78 is 5.06. The molecule has 0 heterocycles. The van der Waals surface area contributed by atoms with E-state index >= 15 is 0 Å². The predicted molar refractivity (Wildman–Crippen MR) is 57.2 cm³/mol. The molecule has 80 valence electrons. The zero-order chi connectivity index (χ0) is 11.6. The monoisotopic (exact) mass is 206 g/mol. The lowest BCUT2D eigenvalue weighted by Gasteiger charge is -2.10. The highest BCUT2D eigenvalue weighted by molar-refractivity contribution is 5.94. The highest BCUT2D eigenvalue weighted by Gasteiger charge is 2.10. The summed E-state index contributed by atoms with van der Waals surface area (Å²) in [5.41, 5.74) is 2.24. The van der Waals surface area contributed by atoms with Gasteiger partial charge in [0.1, 0.15) is 5.75 Å². The summed E-state index contributed by atoms with van der Waals surface area (Å²) in [5, 5.41) is 0. The maximum atomic E-state index is 11.2. The zero-order valence-corrected chi connectivity index (χ0v) is 9.38. The first-order valence-corrected chi connectivity index (χ1v) is 4.72. The Hall–Kier alpha value is -1.64. The number of esters is 1. The van der Waals surface area contributed by atoms with Gasteiger partial charge in [0, 0.05) is 12.5 Å². The van der Waals surface area contributed by atoms with Crippen LogP contribution in [0.15, 0.2) is 12.1 Å². The van der Waals surface area contributed by atoms with Crippen LogP contribution in [0, 0.1) is 13.8 Å². The van der Waals surface area contributed by atoms with Crippen LogP contribution in [0.5, 0.6) is 5.75 Å². The zero-order valence-electron chi connectivity index (χ0n) is 9.38. The first kappa shape index (κ1) is 11.4. The fraction of sp³-hybridized carbons (Fsp3) is 0.333. The van der Waals surface area contributed by atoms with E-state index in [1.807, 2.05) is 13.8 Å². The van der Waals surface area contributed by atoms with Crippen LogP contribution in [0.1, 0.15) is 35.3 Å². The number of ether oxygens (including phenoxy) is 1. The highest BCUT2D eigenvalue weighted by atomic mass is 16.5. The SMILES string of the molecule is CC(=O)Oc1c(C)cc(C(C)=O)cc1C. The van der Waals surface area contributed by atoms with Crippen LogP contribution in [0.2, 0.25) is 0 Å². The number of benzene rings is 1. The molecule has 0 atom stereocenters. The largest absolute Gasteiger partial charge is 0.426 e. The molecule has 0 amide bonds. The average Bonchev–Trinajstić information content (AvgIpc) is 2.10. The molecule has 0 spiro atoms. The minimum Gasteiger partial charge on any atom is -0.426 e. The molecule has 0 unspecified atom stereocenters. The summed E-state index contributed by atoms with van der Waals surface area (Å²) >= 11 is 0. The molecule has 3 heteroatoms. The summed E-state index contributed by atoms with van der Waals surface area (Å²) in [4.78, 5) is 22.0. The van der Waals surface area contributed by atoms with Crippen molar-refractivity contribution in [3.63, 3.8) is 0 Å². The molecule has 0 N–H and O–H groups in total. The van der Waals surface area contributed by atoms with E-state index in [0.717, 1.165) is 11.1 Å². The Morgan fingerprint density at radius 1 is 1.07 bits per heavy atom. The van der Waals surface area contributed by atoms with Crippen LogP contribution in [-0.2, 0) is 4.79 Å². The van der Waals surface area contributed by atoms with E-state index in [9.17, 15) is 9.59 Å². The van der Waals surface area contributed by atoms with Crippen molar-refractivity contribution < 1.29 is 14.3 Å². The van der Waals surface area contributed by atoms with E-state index in [1.54, 1.807) is 12.1 Å². The molecule has 0 saturated carbocycles. The molecule has 0 fully saturated rings. The Bertz CT molecular complexity index is 396. The van der Waals surface area contributed by atoms with Gasteiger partial charge in [-0.2, -0.15) is 0 Å². The quantitative estimate of drug-likeness (QED) is 0.424. The molecule has 0 aromatic heterocycles. The van der Waals surface area contributed by atoms with E-state index in [1.165, 1.54) is 13.8 Å². The minimum absolute atomic E-state index is 0.00979. The van der Waals surface area contributed by atoms with Gasteiger partial charge >= 0.3 is 5.97 Å². The molecule has 1 aromatic carbocycles. The van der Waals surface area contributed by atoms with Gasteiger partial charge in [0.05, 0.1) is 0 Å². The van der Waals surface area contributed by atoms with E-state index in [2.05, 4.69) is 0 Å². The van der Waals surface area contributed by atoms with Crippen molar-refractivity contribution in [2.75, 3.05) is 0 Å². The number of hydrogen-bond donors (Lipinski definition) is 0. The number of Topliss-reactive ketones (excluding diaryl/α,β-unsaturated/α-hetero) is 1. The molecule has 1 rings (SSSR count). The van der Waals surface area contributed by atoms with Crippen molar-refractivity contribution in [1.82, 2.24) is 0 Å². The van der Waals surface area contributed by atoms with Gasteiger partial charge in [0.15, 0.2) is 5.78 Å². The smallest absolute Gasteiger partial charge is 0.308 e. The third kappa shape index (κ3) is 2.65. The van der Waals surface area contributed by atoms with E-state index in [-0.39, 0.29) is 11.8 Å². The first-order chi connectivity index (χ1) is 6.91. The number of carbonyl (C=O) groups excluding carboxylic acids is 2. The van der Waals surface area contributed by atoms with Crippen molar-refractivity contribution in [2.24, 2.45) is 0 Å². The Kier molecular flexibility index (Phi) is 3.24. The molecule has 1 aromatic rings. The third-order valence-electron chi connectivity index (χ3n) is 2.11. The lowest BCUT2D eigenvalue weighted by molar-refractivity contribution is -0.131. The topological polar surface area (TPSA) is 43.4 Å². The summed E-state index contributed by atoms with van der Waals surface area (Å²) in [7, 11) is 0. The number of ketones is 1. The number of carbonyl (C=O) groups is 2. The maximum absolute atomic E-state index is 11.2. The standard InChI is InChI=1S/C12H14O3/c1-7-5-11(9(3)13)6-8(2)12(7)15-10(4)14/h5-6H,1-4H3. The van der Waals surface area contributed by atoms with Gasteiger partial charge in [-0.05, 0) is 44.0 Å². The first-order valence-electron chi connectivity index (χ1n) is 4.72. The van der Waals surface area contributed by atoms with Crippen molar-refractivity contribution in [1.29, 1.82) is 0 Å². The molecule has 3 nitrogen and oxygen atoms in total. The Labute approximate surface area is 89.1 Å². The maximum Gasteiger partial charge on any atom is 0.308 e. The summed E-state index contributed by atoms with van der Waals surface area (Å²) in [6, 6.07) is 3.46. The van der Waals surface area contributed by atoms with Gasteiger partial charge < -0.3 is 4.74 Å². The Morgan fingerprint density at radius 2 is 1.53 bits per heavy atom. The lowest BCUT2D eigenvalue weighted by atomic mass is 10.0. The molecule has 0 aliphatic carbocycles. The predicted octanol–water partition coefficient (Wildman–Crippen LogP) is 2.43. The fourth-order valence-corrected chi connectivity index (χ4v) is 1.46. The molecule has 0 bridgehead atoms. The third-order valence-corrected chi connectivity index (χ3v) is 2.11. The molecule has 0 radical (unpaired) electrons. The van der Waals surface area contributed by atoms with Crippen LogP contribution >= 0.6 is 0 Å². The lowest BCUT2D eigenvalue weighted by Crippen LogP contribution is -2.05. The van der Waals surface area contributed by atoms with Crippen LogP contribution in [0.4, 0.5) is 0 Å². The van der Waals surface area contributed by atoms with E-state index < -0.39 is 0 Å². The van der Waals surface area contributed by atoms with Gasteiger partial charge in [-0.1, -0.05) is 0 Å². The van der Waals surface area contributed by atoms with Gasteiger partial charge in [-0.25, -0.2) is 0 Å². The number of aryl methyl sites for hydroxylation is 2. The second-order valence-corrected chi connectivity index (χ2v) is 3.59. The molecular formula is C12H14O3. The van der Waals surface area contributed by atoms with Crippen molar-refractivity contribution in [2.45, 2.75) is 27.7 Å². The molecular weight excluding hydrogens is 192 g/mol. The second kappa shape index (κ2) is 4.26. The average molecular weight is 206 g/mol. The van der Waals surface area contributed by atoms with Gasteiger partial charge in [-0.3, -0.25) is 9.59 Å². The molecule has 0 aliphatic rings. The minimum atomic E-state index is -0.350. The highest BCUT2D eigenvalue weighted by Crippen LogP contribution is 2.25. The van der Waals surface area contributed by atoms with E-state index in [4.69, 9.17) is 4.74 Å². The summed E-state index contributed by atoms with van der Waals surface area (Å²) in [6.07, 6.45) is 0. The Morgan fingerprint density at radius 3 is 1.87 bits per heavy atom.